The molecule has 0 heteroatoms. The molecule has 0 N–H and O–H groups in total. The molecule has 0 heterocycles. The second-order valence-corrected chi connectivity index (χ2v) is 6.24. The fraction of sp³-hybridized carbons (Fsp3) is 0.556. The molecular weight excluding hydrogens is 216 g/mol. The molecule has 2 aliphatic rings. The molecule has 0 saturated carbocycles. The maximum Gasteiger partial charge on any atom is 0.0114 e. The van der Waals surface area contributed by atoms with Crippen LogP contribution in [0.25, 0.3) is 0 Å². The van der Waals surface area contributed by atoms with E-state index in [-0.39, 0.29) is 5.41 Å². The number of hydrogen-bond donors (Lipinski definition) is 0. The van der Waals surface area contributed by atoms with E-state index in [2.05, 4.69) is 53.7 Å². The standard InChI is InChI=1S/C18H26/c1-7-9-15-10-8-11-16(15)17-13(3)12(2)14(4)18(17,5)6/h8,10H,7,9,11H2,1-6H3. The van der Waals surface area contributed by atoms with E-state index in [9.17, 15) is 0 Å². The fourth-order valence-electron chi connectivity index (χ4n) is 3.51. The van der Waals surface area contributed by atoms with Gasteiger partial charge in [-0.1, -0.05) is 44.9 Å². The Hall–Kier alpha value is -1.04. The van der Waals surface area contributed by atoms with E-state index in [0.717, 1.165) is 6.42 Å². The van der Waals surface area contributed by atoms with Crippen molar-refractivity contribution < 1.29 is 0 Å². The quantitative estimate of drug-likeness (QED) is 0.592. The molecule has 0 radical (unpaired) electrons. The SMILES string of the molecule is CCCC1=C(C2=C(C)C(C)=C(C)C2(C)C)CC=C1. The van der Waals surface area contributed by atoms with E-state index in [1.54, 1.807) is 22.3 Å². The van der Waals surface area contributed by atoms with Gasteiger partial charge in [-0.3, -0.25) is 0 Å². The number of hydrogen-bond acceptors (Lipinski definition) is 0. The predicted molar refractivity (Wildman–Crippen MR) is 80.5 cm³/mol. The second kappa shape index (κ2) is 4.57. The summed E-state index contributed by atoms with van der Waals surface area (Å²) in [5.41, 5.74) is 9.57. The van der Waals surface area contributed by atoms with Gasteiger partial charge < -0.3 is 0 Å². The summed E-state index contributed by atoms with van der Waals surface area (Å²) in [4.78, 5) is 0. The maximum absolute atomic E-state index is 2.38. The summed E-state index contributed by atoms with van der Waals surface area (Å²) in [5, 5.41) is 0. The lowest BCUT2D eigenvalue weighted by Crippen LogP contribution is -2.15. The minimum absolute atomic E-state index is 0.217. The molecule has 0 amide bonds. The first-order valence-electron chi connectivity index (χ1n) is 7.19. The van der Waals surface area contributed by atoms with Crippen LogP contribution in [0.2, 0.25) is 0 Å². The Balaban J connectivity index is 2.51. The van der Waals surface area contributed by atoms with Gasteiger partial charge in [0.05, 0.1) is 0 Å². The highest BCUT2D eigenvalue weighted by atomic mass is 14.4. The Morgan fingerprint density at radius 3 is 2.28 bits per heavy atom. The summed E-state index contributed by atoms with van der Waals surface area (Å²) in [7, 11) is 0. The first-order valence-corrected chi connectivity index (χ1v) is 7.19. The maximum atomic E-state index is 2.38. The van der Waals surface area contributed by atoms with Crippen LogP contribution in [-0.2, 0) is 0 Å². The normalized spacial score (nSPS) is 22.8. The van der Waals surface area contributed by atoms with Crippen molar-refractivity contribution in [1.82, 2.24) is 0 Å². The molecule has 0 bridgehead atoms. The summed E-state index contributed by atoms with van der Waals surface area (Å²) in [5.74, 6) is 0. The first kappa shape index (κ1) is 13.4. The molecule has 2 aliphatic carbocycles. The highest BCUT2D eigenvalue weighted by Crippen LogP contribution is 2.51. The minimum Gasteiger partial charge on any atom is -0.0798 e. The van der Waals surface area contributed by atoms with Gasteiger partial charge in [0.15, 0.2) is 0 Å². The lowest BCUT2D eigenvalue weighted by Gasteiger charge is -2.28. The Kier molecular flexibility index (Phi) is 3.40. The topological polar surface area (TPSA) is 0 Å². The van der Waals surface area contributed by atoms with Crippen molar-refractivity contribution in [3.63, 3.8) is 0 Å². The van der Waals surface area contributed by atoms with Crippen LogP contribution in [0, 0.1) is 5.41 Å². The molecule has 0 unspecified atom stereocenters. The highest BCUT2D eigenvalue weighted by Gasteiger charge is 2.36. The van der Waals surface area contributed by atoms with Gasteiger partial charge in [-0.2, -0.15) is 0 Å². The van der Waals surface area contributed by atoms with Gasteiger partial charge in [-0.25, -0.2) is 0 Å². The van der Waals surface area contributed by atoms with Crippen LogP contribution in [-0.4, -0.2) is 0 Å². The molecule has 0 aromatic rings. The van der Waals surface area contributed by atoms with E-state index >= 15 is 0 Å². The van der Waals surface area contributed by atoms with Gasteiger partial charge in [-0.15, -0.1) is 0 Å². The zero-order valence-corrected chi connectivity index (χ0v) is 12.8. The molecule has 0 fully saturated rings. The smallest absolute Gasteiger partial charge is 0.0114 e. The molecule has 0 saturated heterocycles. The highest BCUT2D eigenvalue weighted by molar-refractivity contribution is 5.61. The van der Waals surface area contributed by atoms with Crippen LogP contribution in [0.1, 0.15) is 60.8 Å². The van der Waals surface area contributed by atoms with Crippen molar-refractivity contribution in [2.24, 2.45) is 5.41 Å². The average molecular weight is 242 g/mol. The first-order chi connectivity index (χ1) is 8.41. The van der Waals surface area contributed by atoms with Gasteiger partial charge in [0.1, 0.15) is 0 Å². The Morgan fingerprint density at radius 2 is 1.78 bits per heavy atom. The Morgan fingerprint density at radius 1 is 1.11 bits per heavy atom. The van der Waals surface area contributed by atoms with Crippen LogP contribution in [0.5, 0.6) is 0 Å². The molecule has 0 nitrogen and oxygen atoms in total. The molecule has 0 atom stereocenters. The zero-order chi connectivity index (χ0) is 13.5. The monoisotopic (exact) mass is 242 g/mol. The molecule has 98 valence electrons. The van der Waals surface area contributed by atoms with Crippen molar-refractivity contribution in [3.8, 4) is 0 Å². The third-order valence-electron chi connectivity index (χ3n) is 4.91. The predicted octanol–water partition coefficient (Wildman–Crippen LogP) is 5.74. The van der Waals surface area contributed by atoms with Gasteiger partial charge in [0.2, 0.25) is 0 Å². The van der Waals surface area contributed by atoms with E-state index in [0.29, 0.717) is 0 Å². The molecule has 2 rings (SSSR count). The Bertz CT molecular complexity index is 490. The molecule has 0 aromatic heterocycles. The van der Waals surface area contributed by atoms with E-state index < -0.39 is 0 Å². The summed E-state index contributed by atoms with van der Waals surface area (Å²) < 4.78 is 0. The number of rotatable bonds is 3. The third-order valence-corrected chi connectivity index (χ3v) is 4.91. The van der Waals surface area contributed by atoms with E-state index in [4.69, 9.17) is 0 Å². The third kappa shape index (κ3) is 1.83. The fourth-order valence-corrected chi connectivity index (χ4v) is 3.51. The van der Waals surface area contributed by atoms with E-state index in [1.807, 2.05) is 0 Å². The molecule has 0 aliphatic heterocycles. The Labute approximate surface area is 112 Å². The molecular formula is C18H26. The lowest BCUT2D eigenvalue weighted by atomic mass is 9.76. The van der Waals surface area contributed by atoms with Gasteiger partial charge in [0, 0.05) is 5.41 Å². The van der Waals surface area contributed by atoms with Crippen molar-refractivity contribution >= 4 is 0 Å². The van der Waals surface area contributed by atoms with Crippen molar-refractivity contribution in [2.75, 3.05) is 0 Å². The molecule has 0 spiro atoms. The largest absolute Gasteiger partial charge is 0.0798 e. The summed E-state index contributed by atoms with van der Waals surface area (Å²) in [6, 6.07) is 0. The molecule has 0 aromatic carbocycles. The summed E-state index contributed by atoms with van der Waals surface area (Å²) in [6.45, 7) is 13.9. The van der Waals surface area contributed by atoms with Crippen molar-refractivity contribution in [2.45, 2.75) is 60.8 Å². The average Bonchev–Trinajstić information content (AvgIpc) is 2.80. The lowest BCUT2D eigenvalue weighted by molar-refractivity contribution is 0.550. The van der Waals surface area contributed by atoms with Gasteiger partial charge in [0.25, 0.3) is 0 Å². The van der Waals surface area contributed by atoms with E-state index in [1.165, 1.54) is 24.0 Å². The van der Waals surface area contributed by atoms with Crippen LogP contribution in [0.15, 0.2) is 45.6 Å². The van der Waals surface area contributed by atoms with Crippen LogP contribution >= 0.6 is 0 Å². The van der Waals surface area contributed by atoms with Gasteiger partial charge >= 0.3 is 0 Å². The van der Waals surface area contributed by atoms with Crippen LogP contribution in [0.3, 0.4) is 0 Å². The van der Waals surface area contributed by atoms with Crippen LogP contribution < -0.4 is 0 Å². The minimum atomic E-state index is 0.217. The van der Waals surface area contributed by atoms with Crippen LogP contribution in [0.4, 0.5) is 0 Å². The molecule has 18 heavy (non-hydrogen) atoms. The number of allylic oxidation sites excluding steroid dienone is 8. The summed E-state index contributed by atoms with van der Waals surface area (Å²) in [6.07, 6.45) is 8.27. The zero-order valence-electron chi connectivity index (χ0n) is 12.8. The second-order valence-electron chi connectivity index (χ2n) is 6.24. The van der Waals surface area contributed by atoms with Crippen molar-refractivity contribution in [3.05, 3.63) is 45.6 Å². The van der Waals surface area contributed by atoms with Crippen molar-refractivity contribution in [1.29, 1.82) is 0 Å². The summed E-state index contributed by atoms with van der Waals surface area (Å²) >= 11 is 0. The van der Waals surface area contributed by atoms with Gasteiger partial charge in [-0.05, 0) is 61.5 Å².